The third-order valence-corrected chi connectivity index (χ3v) is 7.61. The van der Waals surface area contributed by atoms with E-state index in [1.807, 2.05) is 30.7 Å². The molecule has 1 aromatic heterocycles. The number of alkyl halides is 3. The second-order valence-corrected chi connectivity index (χ2v) is 10.6. The molecule has 2 atom stereocenters. The summed E-state index contributed by atoms with van der Waals surface area (Å²) in [6.45, 7) is 7.16. The lowest BCUT2D eigenvalue weighted by Gasteiger charge is -2.39. The molecule has 0 aliphatic carbocycles. The summed E-state index contributed by atoms with van der Waals surface area (Å²) in [6, 6.07) is 6.11. The quantitative estimate of drug-likeness (QED) is 0.417. The van der Waals surface area contributed by atoms with Crippen LogP contribution in [0, 0.1) is 11.6 Å². The van der Waals surface area contributed by atoms with Crippen LogP contribution < -0.4 is 15.1 Å². The van der Waals surface area contributed by atoms with Crippen molar-refractivity contribution in [3.8, 4) is 11.3 Å². The molecule has 2 fully saturated rings. The van der Waals surface area contributed by atoms with Crippen molar-refractivity contribution in [3.63, 3.8) is 0 Å². The molecule has 5 rings (SSSR count). The smallest absolute Gasteiger partial charge is 0.375 e. The van der Waals surface area contributed by atoms with E-state index in [-0.39, 0.29) is 35.2 Å². The van der Waals surface area contributed by atoms with Gasteiger partial charge < -0.3 is 24.8 Å². The number of carbonyl (C=O) groups excluding carboxylic acids is 1. The van der Waals surface area contributed by atoms with Gasteiger partial charge in [0.1, 0.15) is 11.6 Å². The van der Waals surface area contributed by atoms with Crippen LogP contribution in [-0.4, -0.2) is 79.3 Å². The Bertz CT molecular complexity index is 1470. The summed E-state index contributed by atoms with van der Waals surface area (Å²) in [7, 11) is 1.96. The number of hydrogen-bond acceptors (Lipinski definition) is 7. The summed E-state index contributed by atoms with van der Waals surface area (Å²) in [5.41, 5.74) is -1.46. The summed E-state index contributed by atoms with van der Waals surface area (Å²) < 4.78 is 76.1. The van der Waals surface area contributed by atoms with E-state index in [9.17, 15) is 22.4 Å². The molecule has 0 saturated carbocycles. The van der Waals surface area contributed by atoms with Crippen LogP contribution in [0.1, 0.15) is 29.8 Å². The normalized spacial score (nSPS) is 20.1. The van der Waals surface area contributed by atoms with Gasteiger partial charge in [0.2, 0.25) is 5.95 Å². The van der Waals surface area contributed by atoms with Crippen LogP contribution >= 0.6 is 0 Å². The molecule has 0 radical (unpaired) electrons. The fourth-order valence-electron chi connectivity index (χ4n) is 5.18. The molecule has 224 valence electrons. The number of likely N-dealkylation sites (N-methyl/N-ethyl adjacent to an activating group) is 1. The standard InChI is InChI=1S/C29H31F5N6O2/c1-17-15-39(9-8-38(17)3)26-14-23(31)21(24-6-7-35-28(37-24)40-10-11-42-18(2)16-40)13-25(26)36-27(41)20-5-4-19(30)12-22(20)29(32,33)34/h4-7,12-14,17-18H,8-11,15-16H2,1-3H3,(H,36,41)/t17-,18+/m0/s1. The van der Waals surface area contributed by atoms with Crippen LogP contribution in [0.5, 0.6) is 0 Å². The van der Waals surface area contributed by atoms with Crippen LogP contribution in [-0.2, 0) is 10.9 Å². The fourth-order valence-corrected chi connectivity index (χ4v) is 5.18. The molecule has 2 saturated heterocycles. The van der Waals surface area contributed by atoms with E-state index in [0.29, 0.717) is 51.0 Å². The summed E-state index contributed by atoms with van der Waals surface area (Å²) >= 11 is 0. The molecule has 3 aromatic rings. The molecule has 2 aliphatic rings. The zero-order valence-corrected chi connectivity index (χ0v) is 23.4. The number of ether oxygens (including phenoxy) is 1. The van der Waals surface area contributed by atoms with E-state index in [1.165, 1.54) is 24.4 Å². The molecule has 13 heteroatoms. The fraction of sp³-hybridized carbons (Fsp3) is 0.414. The first-order valence-corrected chi connectivity index (χ1v) is 13.6. The molecular weight excluding hydrogens is 559 g/mol. The maximum Gasteiger partial charge on any atom is 0.417 e. The minimum Gasteiger partial charge on any atom is -0.375 e. The highest BCUT2D eigenvalue weighted by molar-refractivity contribution is 6.07. The van der Waals surface area contributed by atoms with Gasteiger partial charge in [-0.1, -0.05) is 0 Å². The maximum absolute atomic E-state index is 15.8. The largest absolute Gasteiger partial charge is 0.417 e. The van der Waals surface area contributed by atoms with Crippen LogP contribution in [0.15, 0.2) is 42.6 Å². The molecular formula is C29H31F5N6O2. The number of piperazine rings is 1. The van der Waals surface area contributed by atoms with Crippen molar-refractivity contribution in [1.29, 1.82) is 0 Å². The lowest BCUT2D eigenvalue weighted by Crippen LogP contribution is -2.50. The lowest BCUT2D eigenvalue weighted by atomic mass is 10.0. The van der Waals surface area contributed by atoms with Gasteiger partial charge in [0.05, 0.1) is 40.9 Å². The zero-order chi connectivity index (χ0) is 30.2. The number of halogens is 5. The van der Waals surface area contributed by atoms with E-state index in [1.54, 1.807) is 0 Å². The van der Waals surface area contributed by atoms with Crippen molar-refractivity contribution in [2.75, 3.05) is 61.5 Å². The van der Waals surface area contributed by atoms with Crippen LogP contribution in [0.25, 0.3) is 11.3 Å². The molecule has 3 heterocycles. The van der Waals surface area contributed by atoms with Gasteiger partial charge in [-0.05, 0) is 57.3 Å². The molecule has 2 aliphatic heterocycles. The third-order valence-electron chi connectivity index (χ3n) is 7.61. The average Bonchev–Trinajstić information content (AvgIpc) is 2.95. The third kappa shape index (κ3) is 6.31. The molecule has 2 aromatic carbocycles. The summed E-state index contributed by atoms with van der Waals surface area (Å²) in [4.78, 5) is 28.1. The lowest BCUT2D eigenvalue weighted by molar-refractivity contribution is -0.138. The molecule has 1 amide bonds. The van der Waals surface area contributed by atoms with Crippen LogP contribution in [0.4, 0.5) is 39.3 Å². The van der Waals surface area contributed by atoms with E-state index >= 15 is 4.39 Å². The number of benzene rings is 2. The number of nitrogens with zero attached hydrogens (tertiary/aromatic N) is 5. The molecule has 0 spiro atoms. The van der Waals surface area contributed by atoms with Gasteiger partial charge in [0.25, 0.3) is 5.91 Å². The molecule has 8 nitrogen and oxygen atoms in total. The van der Waals surface area contributed by atoms with E-state index < -0.39 is 34.8 Å². The maximum atomic E-state index is 15.8. The van der Waals surface area contributed by atoms with E-state index in [4.69, 9.17) is 4.74 Å². The number of carbonyl (C=O) groups is 1. The van der Waals surface area contributed by atoms with Gasteiger partial charge in [0.15, 0.2) is 0 Å². The van der Waals surface area contributed by atoms with E-state index in [0.717, 1.165) is 12.1 Å². The highest BCUT2D eigenvalue weighted by Crippen LogP contribution is 2.37. The van der Waals surface area contributed by atoms with Crippen molar-refractivity contribution in [2.45, 2.75) is 32.2 Å². The predicted octanol–water partition coefficient (Wildman–Crippen LogP) is 5.06. The van der Waals surface area contributed by atoms with Gasteiger partial charge in [-0.15, -0.1) is 0 Å². The number of aromatic nitrogens is 2. The molecule has 42 heavy (non-hydrogen) atoms. The Morgan fingerprint density at radius 2 is 1.81 bits per heavy atom. The molecule has 0 unspecified atom stereocenters. The molecule has 1 N–H and O–H groups in total. The Balaban J connectivity index is 1.56. The first-order valence-electron chi connectivity index (χ1n) is 13.6. The monoisotopic (exact) mass is 590 g/mol. The molecule has 0 bridgehead atoms. The van der Waals surface area contributed by atoms with Crippen molar-refractivity contribution < 1.29 is 31.5 Å². The first-order chi connectivity index (χ1) is 19.9. The Morgan fingerprint density at radius 1 is 1.02 bits per heavy atom. The highest BCUT2D eigenvalue weighted by atomic mass is 19.4. The van der Waals surface area contributed by atoms with Gasteiger partial charge >= 0.3 is 6.18 Å². The Kier molecular flexibility index (Phi) is 8.33. The minimum atomic E-state index is -4.97. The van der Waals surface area contributed by atoms with Crippen molar-refractivity contribution in [2.24, 2.45) is 0 Å². The summed E-state index contributed by atoms with van der Waals surface area (Å²) in [6.07, 6.45) is -3.50. The topological polar surface area (TPSA) is 73.8 Å². The average molecular weight is 591 g/mol. The van der Waals surface area contributed by atoms with Gasteiger partial charge in [-0.2, -0.15) is 13.2 Å². The number of amides is 1. The van der Waals surface area contributed by atoms with Gasteiger partial charge in [-0.3, -0.25) is 4.79 Å². The minimum absolute atomic E-state index is 0.0383. The van der Waals surface area contributed by atoms with Crippen LogP contribution in [0.3, 0.4) is 0 Å². The first kappa shape index (κ1) is 29.6. The number of anilines is 3. The Hall–Kier alpha value is -3.84. The Labute approximate surface area is 240 Å². The van der Waals surface area contributed by atoms with Crippen molar-refractivity contribution in [1.82, 2.24) is 14.9 Å². The predicted molar refractivity (Wildman–Crippen MR) is 149 cm³/mol. The number of rotatable bonds is 5. The highest BCUT2D eigenvalue weighted by Gasteiger charge is 2.36. The van der Waals surface area contributed by atoms with Gasteiger partial charge in [0, 0.05) is 50.5 Å². The van der Waals surface area contributed by atoms with Crippen LogP contribution in [0.2, 0.25) is 0 Å². The number of morpholine rings is 1. The van der Waals surface area contributed by atoms with Crippen molar-refractivity contribution >= 4 is 23.2 Å². The number of nitrogens with one attached hydrogen (secondary N) is 1. The van der Waals surface area contributed by atoms with Gasteiger partial charge in [-0.25, -0.2) is 18.7 Å². The second kappa shape index (κ2) is 11.8. The summed E-state index contributed by atoms with van der Waals surface area (Å²) in [5.74, 6) is -2.46. The zero-order valence-electron chi connectivity index (χ0n) is 23.4. The van der Waals surface area contributed by atoms with E-state index in [2.05, 4.69) is 20.2 Å². The second-order valence-electron chi connectivity index (χ2n) is 10.6. The SMILES string of the molecule is C[C@@H]1CN(c2nccc(-c3cc(NC(=O)c4ccc(F)cc4C(F)(F)F)c(N4CCN(C)[C@@H](C)C4)cc3F)n2)CCO1. The summed E-state index contributed by atoms with van der Waals surface area (Å²) in [5, 5.41) is 2.55. The Morgan fingerprint density at radius 3 is 2.52 bits per heavy atom. The van der Waals surface area contributed by atoms with Crippen molar-refractivity contribution in [3.05, 3.63) is 65.4 Å². The number of hydrogen-bond donors (Lipinski definition) is 1.